The van der Waals surface area contributed by atoms with Gasteiger partial charge in [0.1, 0.15) is 11.6 Å². The smallest absolute Gasteiger partial charge is 0.330 e. The number of hydrogen-bond acceptors (Lipinski definition) is 6. The molecule has 0 unspecified atom stereocenters. The summed E-state index contributed by atoms with van der Waals surface area (Å²) >= 11 is 0. The van der Waals surface area contributed by atoms with Gasteiger partial charge in [0.25, 0.3) is 5.56 Å². The van der Waals surface area contributed by atoms with Crippen LogP contribution >= 0.6 is 0 Å². The summed E-state index contributed by atoms with van der Waals surface area (Å²) in [5.41, 5.74) is 6.61. The van der Waals surface area contributed by atoms with Crippen molar-refractivity contribution < 1.29 is 14.3 Å². The highest BCUT2D eigenvalue weighted by Gasteiger charge is 2.24. The van der Waals surface area contributed by atoms with Crippen molar-refractivity contribution >= 4 is 17.4 Å². The number of rotatable bonds is 10. The highest BCUT2D eigenvalue weighted by atomic mass is 16.5. The second-order valence-electron chi connectivity index (χ2n) is 7.45. The lowest BCUT2D eigenvalue weighted by Crippen LogP contribution is -2.41. The largest absolute Gasteiger partial charge is 0.497 e. The maximum atomic E-state index is 13.3. The van der Waals surface area contributed by atoms with Gasteiger partial charge in [-0.3, -0.25) is 19.1 Å². The number of hydrogen-bond donors (Lipinski definition) is 2. The number of nitrogens with zero attached hydrogens (tertiary/aromatic N) is 2. The minimum absolute atomic E-state index is 0.0470. The van der Waals surface area contributed by atoms with E-state index in [1.807, 2.05) is 54.6 Å². The van der Waals surface area contributed by atoms with E-state index in [0.717, 1.165) is 16.9 Å². The van der Waals surface area contributed by atoms with Crippen molar-refractivity contribution in [2.45, 2.75) is 25.9 Å². The van der Waals surface area contributed by atoms with Crippen molar-refractivity contribution in [2.75, 3.05) is 31.5 Å². The zero-order chi connectivity index (χ0) is 23.8. The number of nitrogen functional groups attached to an aromatic ring is 1. The first-order valence-corrected chi connectivity index (χ1v) is 10.5. The van der Waals surface area contributed by atoms with Gasteiger partial charge in [-0.05, 0) is 29.7 Å². The molecule has 9 nitrogen and oxygen atoms in total. The van der Waals surface area contributed by atoms with Crippen molar-refractivity contribution in [2.24, 2.45) is 0 Å². The van der Waals surface area contributed by atoms with E-state index < -0.39 is 11.2 Å². The van der Waals surface area contributed by atoms with Gasteiger partial charge in [0.15, 0.2) is 5.69 Å². The van der Waals surface area contributed by atoms with Crippen molar-refractivity contribution in [1.29, 1.82) is 0 Å². The number of aromatic nitrogens is 2. The Labute approximate surface area is 191 Å². The molecular formula is C24H28N4O5. The Morgan fingerprint density at radius 3 is 2.36 bits per heavy atom. The molecule has 33 heavy (non-hydrogen) atoms. The van der Waals surface area contributed by atoms with Gasteiger partial charge in [0.05, 0.1) is 26.8 Å². The Kier molecular flexibility index (Phi) is 8.04. The van der Waals surface area contributed by atoms with Gasteiger partial charge in [-0.2, -0.15) is 0 Å². The molecule has 9 heteroatoms. The van der Waals surface area contributed by atoms with E-state index in [1.165, 1.54) is 16.6 Å². The molecule has 1 aromatic heterocycles. The zero-order valence-corrected chi connectivity index (χ0v) is 18.7. The molecular weight excluding hydrogens is 424 g/mol. The van der Waals surface area contributed by atoms with E-state index in [0.29, 0.717) is 6.42 Å². The molecule has 0 aliphatic rings. The van der Waals surface area contributed by atoms with Crippen LogP contribution in [0.2, 0.25) is 0 Å². The van der Waals surface area contributed by atoms with Crippen LogP contribution in [0.25, 0.3) is 0 Å². The SMILES string of the molecule is COCCn1c(N)c(N(Cc2ccccc2)C(=O)CCc2ccc(OC)cc2)c(=O)[nH]c1=O. The normalized spacial score (nSPS) is 10.7. The molecule has 0 aliphatic carbocycles. The molecule has 0 saturated heterocycles. The molecule has 0 spiro atoms. The monoisotopic (exact) mass is 452 g/mol. The number of amides is 1. The highest BCUT2D eigenvalue weighted by Crippen LogP contribution is 2.21. The van der Waals surface area contributed by atoms with Gasteiger partial charge >= 0.3 is 5.69 Å². The molecule has 0 radical (unpaired) electrons. The van der Waals surface area contributed by atoms with E-state index in [2.05, 4.69) is 4.98 Å². The molecule has 174 valence electrons. The average molecular weight is 453 g/mol. The average Bonchev–Trinajstić information content (AvgIpc) is 2.82. The van der Waals surface area contributed by atoms with Gasteiger partial charge in [-0.1, -0.05) is 42.5 Å². The third-order valence-corrected chi connectivity index (χ3v) is 5.27. The number of nitrogens with two attached hydrogens (primary N) is 1. The topological polar surface area (TPSA) is 120 Å². The molecule has 3 rings (SSSR count). The molecule has 3 N–H and O–H groups in total. The van der Waals surface area contributed by atoms with Crippen LogP contribution in [0.5, 0.6) is 5.75 Å². The van der Waals surface area contributed by atoms with Gasteiger partial charge in [-0.15, -0.1) is 0 Å². The number of carbonyl (C=O) groups is 1. The number of carbonyl (C=O) groups excluding carboxylic acids is 1. The van der Waals surface area contributed by atoms with Crippen LogP contribution in [0, 0.1) is 0 Å². The minimum atomic E-state index is -0.708. The number of aryl methyl sites for hydroxylation is 1. The van der Waals surface area contributed by atoms with Crippen LogP contribution in [0.3, 0.4) is 0 Å². The maximum absolute atomic E-state index is 13.3. The van der Waals surface area contributed by atoms with Crippen LogP contribution in [0.15, 0.2) is 64.2 Å². The first-order chi connectivity index (χ1) is 15.9. The van der Waals surface area contributed by atoms with E-state index in [4.69, 9.17) is 15.2 Å². The Balaban J connectivity index is 1.94. The number of benzene rings is 2. The zero-order valence-electron chi connectivity index (χ0n) is 18.7. The molecule has 0 bridgehead atoms. The van der Waals surface area contributed by atoms with E-state index in [1.54, 1.807) is 7.11 Å². The summed E-state index contributed by atoms with van der Waals surface area (Å²) in [5, 5.41) is 0. The number of H-pyrrole nitrogens is 1. The second kappa shape index (κ2) is 11.1. The van der Waals surface area contributed by atoms with Crippen molar-refractivity contribution in [1.82, 2.24) is 9.55 Å². The molecule has 1 amide bonds. The van der Waals surface area contributed by atoms with Gasteiger partial charge in [0.2, 0.25) is 5.91 Å². The molecule has 0 saturated carbocycles. The fraction of sp³-hybridized carbons (Fsp3) is 0.292. The fourth-order valence-corrected chi connectivity index (χ4v) is 3.48. The summed E-state index contributed by atoms with van der Waals surface area (Å²) in [6, 6.07) is 16.7. The fourth-order valence-electron chi connectivity index (χ4n) is 3.48. The second-order valence-corrected chi connectivity index (χ2v) is 7.45. The van der Waals surface area contributed by atoms with Crippen LogP contribution in [0.1, 0.15) is 17.5 Å². The van der Waals surface area contributed by atoms with E-state index in [-0.39, 0.29) is 43.5 Å². The number of nitrogens with one attached hydrogen (secondary N) is 1. The first kappa shape index (κ1) is 23.8. The van der Waals surface area contributed by atoms with Gasteiger partial charge in [0, 0.05) is 13.5 Å². The number of aromatic amines is 1. The lowest BCUT2D eigenvalue weighted by atomic mass is 10.1. The van der Waals surface area contributed by atoms with Gasteiger partial charge in [-0.25, -0.2) is 4.79 Å². The third kappa shape index (κ3) is 5.89. The van der Waals surface area contributed by atoms with E-state index in [9.17, 15) is 14.4 Å². The molecule has 0 aliphatic heterocycles. The van der Waals surface area contributed by atoms with Crippen molar-refractivity contribution in [3.8, 4) is 5.75 Å². The Morgan fingerprint density at radius 1 is 1.03 bits per heavy atom. The lowest BCUT2D eigenvalue weighted by molar-refractivity contribution is -0.118. The summed E-state index contributed by atoms with van der Waals surface area (Å²) in [4.78, 5) is 42.0. The Hall–Kier alpha value is -3.85. The quantitative estimate of drug-likeness (QED) is 0.485. The predicted molar refractivity (Wildman–Crippen MR) is 127 cm³/mol. The standard InChI is InChI=1S/C24H28N4O5/c1-32-15-14-27-22(25)21(23(30)26-24(27)31)28(16-18-6-4-3-5-7-18)20(29)13-10-17-8-11-19(33-2)12-9-17/h3-9,11-12H,10,13-16,25H2,1-2H3,(H,26,30,31). The summed E-state index contributed by atoms with van der Waals surface area (Å²) in [6.07, 6.45) is 0.616. The number of ether oxygens (including phenoxy) is 2. The van der Waals surface area contributed by atoms with Crippen LogP contribution < -0.4 is 26.6 Å². The molecule has 2 aromatic carbocycles. The molecule has 1 heterocycles. The van der Waals surface area contributed by atoms with Crippen LogP contribution in [-0.4, -0.2) is 36.3 Å². The highest BCUT2D eigenvalue weighted by molar-refractivity contribution is 5.95. The first-order valence-electron chi connectivity index (χ1n) is 10.5. The molecule has 0 atom stereocenters. The van der Waals surface area contributed by atoms with Crippen LogP contribution in [-0.2, 0) is 29.0 Å². The van der Waals surface area contributed by atoms with Crippen molar-refractivity contribution in [3.05, 3.63) is 86.6 Å². The van der Waals surface area contributed by atoms with Gasteiger partial charge < -0.3 is 20.1 Å². The summed E-state index contributed by atoms with van der Waals surface area (Å²) in [6.45, 7) is 0.502. The Bertz CT molecular complexity index is 1190. The maximum Gasteiger partial charge on any atom is 0.330 e. The number of methoxy groups -OCH3 is 2. The minimum Gasteiger partial charge on any atom is -0.497 e. The summed E-state index contributed by atoms with van der Waals surface area (Å²) < 4.78 is 11.4. The molecule has 0 fully saturated rings. The summed E-state index contributed by atoms with van der Waals surface area (Å²) in [5.74, 6) is 0.367. The lowest BCUT2D eigenvalue weighted by Gasteiger charge is -2.25. The number of anilines is 2. The molecule has 3 aromatic rings. The van der Waals surface area contributed by atoms with E-state index >= 15 is 0 Å². The van der Waals surface area contributed by atoms with Crippen molar-refractivity contribution in [3.63, 3.8) is 0 Å². The van der Waals surface area contributed by atoms with Crippen LogP contribution in [0.4, 0.5) is 11.5 Å². The Morgan fingerprint density at radius 2 is 1.73 bits per heavy atom. The third-order valence-electron chi connectivity index (χ3n) is 5.27. The summed E-state index contributed by atoms with van der Waals surface area (Å²) in [7, 11) is 3.09. The predicted octanol–water partition coefficient (Wildman–Crippen LogP) is 1.94.